The molecule has 104 valence electrons. The van der Waals surface area contributed by atoms with E-state index in [2.05, 4.69) is 5.16 Å². The number of hydrogen-bond acceptors (Lipinski definition) is 4. The fourth-order valence-electron chi connectivity index (χ4n) is 2.20. The summed E-state index contributed by atoms with van der Waals surface area (Å²) in [6.07, 6.45) is 0.0188. The standard InChI is InChI=1S/C12H23N3O3/c1-7(2)10(11(13)14-17)12(16)15-5-9(4)18-6-8(15)3/h7-10,17H,5-6H2,1-4H3,(H2,13,14). The first-order chi connectivity index (χ1) is 8.38. The summed E-state index contributed by atoms with van der Waals surface area (Å²) >= 11 is 0. The van der Waals surface area contributed by atoms with Crippen LogP contribution in [0.2, 0.25) is 0 Å². The number of rotatable bonds is 3. The minimum Gasteiger partial charge on any atom is -0.409 e. The van der Waals surface area contributed by atoms with E-state index >= 15 is 0 Å². The lowest BCUT2D eigenvalue weighted by Gasteiger charge is -2.39. The highest BCUT2D eigenvalue weighted by atomic mass is 16.5. The van der Waals surface area contributed by atoms with Gasteiger partial charge in [-0.15, -0.1) is 0 Å². The summed E-state index contributed by atoms with van der Waals surface area (Å²) in [7, 11) is 0. The lowest BCUT2D eigenvalue weighted by molar-refractivity contribution is -0.146. The first-order valence-electron chi connectivity index (χ1n) is 6.28. The molecule has 3 N–H and O–H groups in total. The Morgan fingerprint density at radius 2 is 2.11 bits per heavy atom. The number of amides is 1. The first kappa shape index (κ1) is 14.8. The summed E-state index contributed by atoms with van der Waals surface area (Å²) in [5.74, 6) is -0.717. The Kier molecular flexibility index (Phi) is 4.95. The van der Waals surface area contributed by atoms with Crippen molar-refractivity contribution in [3.63, 3.8) is 0 Å². The minimum absolute atomic E-state index is 0.0150. The summed E-state index contributed by atoms with van der Waals surface area (Å²) in [4.78, 5) is 14.3. The molecule has 1 saturated heterocycles. The van der Waals surface area contributed by atoms with Gasteiger partial charge in [-0.05, 0) is 19.8 Å². The number of nitrogens with zero attached hydrogens (tertiary/aromatic N) is 2. The van der Waals surface area contributed by atoms with Crippen LogP contribution in [-0.2, 0) is 9.53 Å². The van der Waals surface area contributed by atoms with Crippen LogP contribution in [0.25, 0.3) is 0 Å². The molecule has 3 atom stereocenters. The fourth-order valence-corrected chi connectivity index (χ4v) is 2.20. The molecule has 6 heteroatoms. The van der Waals surface area contributed by atoms with E-state index in [0.29, 0.717) is 13.2 Å². The van der Waals surface area contributed by atoms with Gasteiger partial charge >= 0.3 is 0 Å². The van der Waals surface area contributed by atoms with Crippen LogP contribution in [0.3, 0.4) is 0 Å². The number of amidine groups is 1. The van der Waals surface area contributed by atoms with Crippen LogP contribution in [-0.4, -0.2) is 47.1 Å². The lowest BCUT2D eigenvalue weighted by atomic mass is 9.92. The van der Waals surface area contributed by atoms with Gasteiger partial charge in [0.2, 0.25) is 5.91 Å². The molecule has 6 nitrogen and oxygen atoms in total. The third-order valence-electron chi connectivity index (χ3n) is 3.26. The number of carbonyl (C=O) groups is 1. The summed E-state index contributed by atoms with van der Waals surface area (Å²) in [5, 5.41) is 11.8. The molecule has 0 aromatic rings. The van der Waals surface area contributed by atoms with E-state index < -0.39 is 5.92 Å². The van der Waals surface area contributed by atoms with Gasteiger partial charge in [-0.25, -0.2) is 0 Å². The Bertz CT molecular complexity index is 331. The molecule has 1 fully saturated rings. The summed E-state index contributed by atoms with van der Waals surface area (Å²) in [5.41, 5.74) is 5.63. The van der Waals surface area contributed by atoms with Gasteiger partial charge in [0, 0.05) is 6.54 Å². The molecule has 0 aromatic carbocycles. The molecule has 0 spiro atoms. The van der Waals surface area contributed by atoms with Crippen molar-refractivity contribution in [2.45, 2.75) is 39.8 Å². The summed E-state index contributed by atoms with van der Waals surface area (Å²) in [6, 6.07) is 0.0152. The Morgan fingerprint density at radius 3 is 2.61 bits per heavy atom. The van der Waals surface area contributed by atoms with Gasteiger partial charge in [-0.1, -0.05) is 19.0 Å². The quantitative estimate of drug-likeness (QED) is 0.336. The number of oxime groups is 1. The van der Waals surface area contributed by atoms with Gasteiger partial charge in [-0.2, -0.15) is 0 Å². The topological polar surface area (TPSA) is 88.2 Å². The molecule has 1 aliphatic heterocycles. The van der Waals surface area contributed by atoms with E-state index in [9.17, 15) is 4.79 Å². The van der Waals surface area contributed by atoms with Gasteiger partial charge < -0.3 is 20.6 Å². The highest BCUT2D eigenvalue weighted by Crippen LogP contribution is 2.20. The predicted octanol–water partition coefficient (Wildman–Crippen LogP) is 0.641. The Balaban J connectivity index is 2.88. The SMILES string of the molecule is CC1CN(C(=O)C(/C(N)=N/O)C(C)C)C(C)CO1. The smallest absolute Gasteiger partial charge is 0.234 e. The number of morpholine rings is 1. The molecule has 0 radical (unpaired) electrons. The number of carbonyl (C=O) groups excluding carboxylic acids is 1. The van der Waals surface area contributed by atoms with E-state index in [0.717, 1.165) is 0 Å². The molecule has 18 heavy (non-hydrogen) atoms. The van der Waals surface area contributed by atoms with Gasteiger partial charge in [0.15, 0.2) is 5.84 Å². The average Bonchev–Trinajstić information content (AvgIpc) is 2.31. The first-order valence-corrected chi connectivity index (χ1v) is 6.28. The lowest BCUT2D eigenvalue weighted by Crippen LogP contribution is -2.54. The minimum atomic E-state index is -0.581. The zero-order valence-electron chi connectivity index (χ0n) is 11.5. The zero-order chi connectivity index (χ0) is 13.9. The highest BCUT2D eigenvalue weighted by Gasteiger charge is 2.35. The largest absolute Gasteiger partial charge is 0.409 e. The van der Waals surface area contributed by atoms with Gasteiger partial charge in [0.25, 0.3) is 0 Å². The second kappa shape index (κ2) is 6.04. The van der Waals surface area contributed by atoms with Crippen molar-refractivity contribution in [2.24, 2.45) is 22.7 Å². The second-order valence-corrected chi connectivity index (χ2v) is 5.23. The van der Waals surface area contributed by atoms with Crippen molar-refractivity contribution in [1.82, 2.24) is 4.90 Å². The molecular formula is C12H23N3O3. The molecule has 1 rings (SSSR count). The maximum Gasteiger partial charge on any atom is 0.234 e. The summed E-state index contributed by atoms with van der Waals surface area (Å²) in [6.45, 7) is 8.70. The van der Waals surface area contributed by atoms with Crippen LogP contribution in [0.5, 0.6) is 0 Å². The normalized spacial score (nSPS) is 27.4. The Hall–Kier alpha value is -1.30. The molecule has 1 heterocycles. The third kappa shape index (κ3) is 3.13. The highest BCUT2D eigenvalue weighted by molar-refractivity contribution is 6.02. The monoisotopic (exact) mass is 257 g/mol. The second-order valence-electron chi connectivity index (χ2n) is 5.23. The van der Waals surface area contributed by atoms with Crippen molar-refractivity contribution in [1.29, 1.82) is 0 Å². The molecule has 3 unspecified atom stereocenters. The molecular weight excluding hydrogens is 234 g/mol. The maximum absolute atomic E-state index is 12.5. The van der Waals surface area contributed by atoms with Gasteiger partial charge in [0.05, 0.1) is 18.8 Å². The van der Waals surface area contributed by atoms with E-state index in [-0.39, 0.29) is 29.8 Å². The van der Waals surface area contributed by atoms with E-state index in [1.165, 1.54) is 0 Å². The average molecular weight is 257 g/mol. The Morgan fingerprint density at radius 1 is 1.50 bits per heavy atom. The zero-order valence-corrected chi connectivity index (χ0v) is 11.5. The molecule has 0 aromatic heterocycles. The molecule has 1 amide bonds. The van der Waals surface area contributed by atoms with Crippen molar-refractivity contribution >= 4 is 11.7 Å². The van der Waals surface area contributed by atoms with E-state index in [1.54, 1.807) is 4.90 Å². The number of nitrogens with two attached hydrogens (primary N) is 1. The van der Waals surface area contributed by atoms with Crippen molar-refractivity contribution < 1.29 is 14.7 Å². The van der Waals surface area contributed by atoms with Crippen molar-refractivity contribution in [3.05, 3.63) is 0 Å². The Labute approximate surface area is 108 Å². The predicted molar refractivity (Wildman–Crippen MR) is 68.3 cm³/mol. The van der Waals surface area contributed by atoms with Crippen LogP contribution in [0.1, 0.15) is 27.7 Å². The van der Waals surface area contributed by atoms with Crippen LogP contribution in [0, 0.1) is 11.8 Å². The van der Waals surface area contributed by atoms with E-state index in [1.807, 2.05) is 27.7 Å². The van der Waals surface area contributed by atoms with Crippen molar-refractivity contribution in [2.75, 3.05) is 13.2 Å². The fraction of sp³-hybridized carbons (Fsp3) is 0.833. The van der Waals surface area contributed by atoms with Gasteiger partial charge in [0.1, 0.15) is 5.92 Å². The van der Waals surface area contributed by atoms with Gasteiger partial charge in [-0.3, -0.25) is 4.79 Å². The molecule has 0 bridgehead atoms. The van der Waals surface area contributed by atoms with E-state index in [4.69, 9.17) is 15.7 Å². The molecule has 0 saturated carbocycles. The third-order valence-corrected chi connectivity index (χ3v) is 3.26. The molecule has 0 aliphatic carbocycles. The number of hydrogen-bond donors (Lipinski definition) is 2. The molecule has 1 aliphatic rings. The summed E-state index contributed by atoms with van der Waals surface area (Å²) < 4.78 is 5.49. The van der Waals surface area contributed by atoms with Crippen LogP contribution in [0.15, 0.2) is 5.16 Å². The van der Waals surface area contributed by atoms with Crippen molar-refractivity contribution in [3.8, 4) is 0 Å². The van der Waals surface area contributed by atoms with Crippen LogP contribution in [0.4, 0.5) is 0 Å². The number of ether oxygens (including phenoxy) is 1. The van der Waals surface area contributed by atoms with Crippen LogP contribution < -0.4 is 5.73 Å². The maximum atomic E-state index is 12.5. The van der Waals surface area contributed by atoms with Crippen LogP contribution >= 0.6 is 0 Å².